The largest absolute Gasteiger partial charge is 0.339 e. The van der Waals surface area contributed by atoms with Crippen molar-refractivity contribution in [2.45, 2.75) is 37.6 Å². The zero-order chi connectivity index (χ0) is 10.7. The molecule has 2 N–H and O–H groups in total. The van der Waals surface area contributed by atoms with Gasteiger partial charge < -0.3 is 10.3 Å². The van der Waals surface area contributed by atoms with Gasteiger partial charge in [0.05, 0.1) is 5.54 Å². The van der Waals surface area contributed by atoms with Crippen molar-refractivity contribution in [3.8, 4) is 0 Å². The third-order valence-electron chi connectivity index (χ3n) is 2.93. The summed E-state index contributed by atoms with van der Waals surface area (Å²) in [5.41, 5.74) is 5.91. The van der Waals surface area contributed by atoms with Gasteiger partial charge in [0.25, 0.3) is 0 Å². The molecule has 92 valence electrons. The zero-order valence-electron chi connectivity index (χ0n) is 9.44. The van der Waals surface area contributed by atoms with E-state index >= 15 is 0 Å². The molecule has 0 spiro atoms. The van der Waals surface area contributed by atoms with Crippen LogP contribution in [-0.4, -0.2) is 22.1 Å². The number of rotatable bonds is 4. The number of thioether (sulfide) groups is 1. The molecular formula is C10H18ClN3OS. The third kappa shape index (κ3) is 2.90. The normalized spacial score (nSPS) is 18.4. The van der Waals surface area contributed by atoms with Crippen LogP contribution in [0, 0.1) is 0 Å². The summed E-state index contributed by atoms with van der Waals surface area (Å²) >= 11 is 1.78. The van der Waals surface area contributed by atoms with Crippen molar-refractivity contribution in [3.63, 3.8) is 0 Å². The van der Waals surface area contributed by atoms with Crippen LogP contribution in [0.3, 0.4) is 0 Å². The van der Waals surface area contributed by atoms with Gasteiger partial charge in [0.1, 0.15) is 0 Å². The molecule has 0 unspecified atom stereocenters. The smallest absolute Gasteiger partial charge is 0.227 e. The average Bonchev–Trinajstić information content (AvgIpc) is 2.84. The Morgan fingerprint density at radius 3 is 2.75 bits per heavy atom. The maximum absolute atomic E-state index is 6.23. The Morgan fingerprint density at radius 1 is 1.44 bits per heavy atom. The molecule has 0 radical (unpaired) electrons. The highest BCUT2D eigenvalue weighted by atomic mass is 35.5. The molecular weight excluding hydrogens is 246 g/mol. The van der Waals surface area contributed by atoms with Gasteiger partial charge >= 0.3 is 0 Å². The van der Waals surface area contributed by atoms with Crippen molar-refractivity contribution in [3.05, 3.63) is 11.7 Å². The lowest BCUT2D eigenvalue weighted by atomic mass is 9.99. The van der Waals surface area contributed by atoms with Crippen molar-refractivity contribution < 1.29 is 4.52 Å². The van der Waals surface area contributed by atoms with Crippen LogP contribution >= 0.6 is 24.2 Å². The Labute approximate surface area is 106 Å². The summed E-state index contributed by atoms with van der Waals surface area (Å²) in [5, 5.41) is 4.00. The lowest BCUT2D eigenvalue weighted by Crippen LogP contribution is -2.34. The second-order valence-corrected chi connectivity index (χ2v) is 5.10. The van der Waals surface area contributed by atoms with E-state index in [9.17, 15) is 0 Å². The van der Waals surface area contributed by atoms with E-state index in [4.69, 9.17) is 10.3 Å². The number of hydrogen-bond acceptors (Lipinski definition) is 5. The van der Waals surface area contributed by atoms with E-state index in [1.165, 1.54) is 12.8 Å². The molecule has 4 nitrogen and oxygen atoms in total. The first-order chi connectivity index (χ1) is 7.24. The average molecular weight is 264 g/mol. The SMILES string of the molecule is CSCCc1nc(C2(N)CCCC2)no1.Cl. The minimum Gasteiger partial charge on any atom is -0.339 e. The number of aromatic nitrogens is 2. The molecule has 0 aliphatic heterocycles. The highest BCUT2D eigenvalue weighted by Crippen LogP contribution is 2.34. The monoisotopic (exact) mass is 263 g/mol. The lowest BCUT2D eigenvalue weighted by Gasteiger charge is -2.17. The third-order valence-corrected chi connectivity index (χ3v) is 3.54. The highest BCUT2D eigenvalue weighted by molar-refractivity contribution is 7.98. The molecule has 2 rings (SSSR count). The number of aryl methyl sites for hydroxylation is 1. The fourth-order valence-electron chi connectivity index (χ4n) is 1.98. The van der Waals surface area contributed by atoms with Crippen LogP contribution in [0.25, 0.3) is 0 Å². The van der Waals surface area contributed by atoms with Gasteiger partial charge in [-0.2, -0.15) is 16.7 Å². The standard InChI is InChI=1S/C10H17N3OS.ClH/c1-15-7-4-8-12-9(13-14-8)10(11)5-2-3-6-10;/h2-7,11H2,1H3;1H. The molecule has 6 heteroatoms. The molecule has 1 fully saturated rings. The summed E-state index contributed by atoms with van der Waals surface area (Å²) in [4.78, 5) is 4.39. The molecule has 1 heterocycles. The van der Waals surface area contributed by atoms with Crippen molar-refractivity contribution >= 4 is 24.2 Å². The van der Waals surface area contributed by atoms with Gasteiger partial charge in [-0.15, -0.1) is 12.4 Å². The Hall–Kier alpha value is -0.260. The van der Waals surface area contributed by atoms with Gasteiger partial charge in [-0.05, 0) is 19.1 Å². The fourth-order valence-corrected chi connectivity index (χ4v) is 2.36. The van der Waals surface area contributed by atoms with Gasteiger partial charge in [-0.1, -0.05) is 18.0 Å². The number of nitrogens with zero attached hydrogens (tertiary/aromatic N) is 2. The quantitative estimate of drug-likeness (QED) is 0.902. The van der Waals surface area contributed by atoms with Crippen LogP contribution in [0.2, 0.25) is 0 Å². The predicted octanol–water partition coefficient (Wildman–Crippen LogP) is 2.12. The Kier molecular flexibility index (Phi) is 5.08. The molecule has 1 saturated carbocycles. The van der Waals surface area contributed by atoms with Gasteiger partial charge in [0, 0.05) is 12.2 Å². The summed E-state index contributed by atoms with van der Waals surface area (Å²) in [6.45, 7) is 0. The predicted molar refractivity (Wildman–Crippen MR) is 68.0 cm³/mol. The second-order valence-electron chi connectivity index (χ2n) is 4.12. The molecule has 0 amide bonds. The van der Waals surface area contributed by atoms with Crippen molar-refractivity contribution in [2.75, 3.05) is 12.0 Å². The highest BCUT2D eigenvalue weighted by Gasteiger charge is 2.35. The summed E-state index contributed by atoms with van der Waals surface area (Å²) in [7, 11) is 0. The van der Waals surface area contributed by atoms with E-state index in [-0.39, 0.29) is 17.9 Å². The number of hydrogen-bond donors (Lipinski definition) is 1. The van der Waals surface area contributed by atoms with Crippen LogP contribution in [-0.2, 0) is 12.0 Å². The maximum Gasteiger partial charge on any atom is 0.227 e. The van der Waals surface area contributed by atoms with Crippen LogP contribution in [0.1, 0.15) is 37.4 Å². The number of halogens is 1. The minimum atomic E-state index is -0.318. The van der Waals surface area contributed by atoms with Crippen molar-refractivity contribution in [2.24, 2.45) is 5.73 Å². The Balaban J connectivity index is 0.00000128. The molecule has 1 aromatic rings. The molecule has 1 aliphatic carbocycles. The first-order valence-electron chi connectivity index (χ1n) is 5.35. The Morgan fingerprint density at radius 2 is 2.12 bits per heavy atom. The van der Waals surface area contributed by atoms with Crippen molar-refractivity contribution in [1.29, 1.82) is 0 Å². The molecule has 0 atom stereocenters. The summed E-state index contributed by atoms with van der Waals surface area (Å²) in [6.07, 6.45) is 7.21. The van der Waals surface area contributed by atoms with E-state index < -0.39 is 0 Å². The van der Waals surface area contributed by atoms with Gasteiger partial charge in [0.2, 0.25) is 5.89 Å². The lowest BCUT2D eigenvalue weighted by molar-refractivity contribution is 0.351. The van der Waals surface area contributed by atoms with Crippen LogP contribution in [0.5, 0.6) is 0 Å². The van der Waals surface area contributed by atoms with Crippen LogP contribution < -0.4 is 5.73 Å². The zero-order valence-corrected chi connectivity index (χ0v) is 11.1. The van der Waals surface area contributed by atoms with E-state index in [2.05, 4.69) is 16.4 Å². The first kappa shape index (κ1) is 13.8. The molecule has 0 bridgehead atoms. The molecule has 16 heavy (non-hydrogen) atoms. The molecule has 1 aromatic heterocycles. The topological polar surface area (TPSA) is 64.9 Å². The summed E-state index contributed by atoms with van der Waals surface area (Å²) < 4.78 is 5.19. The van der Waals surface area contributed by atoms with E-state index in [0.29, 0.717) is 5.82 Å². The van der Waals surface area contributed by atoms with E-state index in [1.54, 1.807) is 11.8 Å². The van der Waals surface area contributed by atoms with E-state index in [1.807, 2.05) is 0 Å². The first-order valence-corrected chi connectivity index (χ1v) is 6.75. The second kappa shape index (κ2) is 5.89. The Bertz CT molecular complexity index is 326. The fraction of sp³-hybridized carbons (Fsp3) is 0.800. The number of nitrogens with two attached hydrogens (primary N) is 1. The molecule has 0 saturated heterocycles. The molecule has 1 aliphatic rings. The molecule has 0 aromatic carbocycles. The summed E-state index contributed by atoms with van der Waals surface area (Å²) in [5.74, 6) is 2.44. The summed E-state index contributed by atoms with van der Waals surface area (Å²) in [6, 6.07) is 0. The van der Waals surface area contributed by atoms with Crippen molar-refractivity contribution in [1.82, 2.24) is 10.1 Å². The van der Waals surface area contributed by atoms with E-state index in [0.717, 1.165) is 30.9 Å². The van der Waals surface area contributed by atoms with Gasteiger partial charge in [0.15, 0.2) is 5.82 Å². The van der Waals surface area contributed by atoms with Gasteiger partial charge in [-0.3, -0.25) is 0 Å². The van der Waals surface area contributed by atoms with Gasteiger partial charge in [-0.25, -0.2) is 0 Å². The minimum absolute atomic E-state index is 0. The maximum atomic E-state index is 6.23. The van der Waals surface area contributed by atoms with Crippen LogP contribution in [0.15, 0.2) is 4.52 Å². The van der Waals surface area contributed by atoms with Crippen LogP contribution in [0.4, 0.5) is 0 Å².